The van der Waals surface area contributed by atoms with Gasteiger partial charge in [0.2, 0.25) is 5.91 Å². The van der Waals surface area contributed by atoms with Gasteiger partial charge in [-0.25, -0.2) is 4.39 Å². The molecule has 4 heteroatoms. The quantitative estimate of drug-likeness (QED) is 0.901. The molecule has 0 aliphatic carbocycles. The Morgan fingerprint density at radius 1 is 1.30 bits per heavy atom. The molecular formula is C16H25FN2O. The Morgan fingerprint density at radius 3 is 2.35 bits per heavy atom. The van der Waals surface area contributed by atoms with Crippen LogP contribution >= 0.6 is 0 Å². The van der Waals surface area contributed by atoms with Crippen LogP contribution in [-0.4, -0.2) is 23.9 Å². The fraction of sp³-hybridized carbons (Fsp3) is 0.562. The van der Waals surface area contributed by atoms with Crippen LogP contribution < -0.4 is 5.73 Å². The van der Waals surface area contributed by atoms with E-state index in [4.69, 9.17) is 5.73 Å². The molecule has 0 saturated carbocycles. The Bertz CT molecular complexity index is 437. The highest BCUT2D eigenvalue weighted by atomic mass is 19.1. The Morgan fingerprint density at radius 2 is 1.85 bits per heavy atom. The van der Waals surface area contributed by atoms with E-state index in [2.05, 4.69) is 20.8 Å². The van der Waals surface area contributed by atoms with Gasteiger partial charge in [0.1, 0.15) is 5.82 Å². The second-order valence-corrected chi connectivity index (χ2v) is 6.61. The molecule has 0 spiro atoms. The molecule has 1 aromatic carbocycles. The minimum Gasteiger partial charge on any atom is -0.341 e. The molecule has 3 nitrogen and oxygen atoms in total. The fourth-order valence-electron chi connectivity index (χ4n) is 2.19. The normalized spacial score (nSPS) is 13.1. The minimum atomic E-state index is -0.269. The molecule has 1 rings (SSSR count). The predicted octanol–water partition coefficient (Wildman–Crippen LogP) is 2.94. The smallest absolute Gasteiger partial charge is 0.224 e. The van der Waals surface area contributed by atoms with Crippen molar-refractivity contribution in [2.75, 3.05) is 7.05 Å². The zero-order valence-electron chi connectivity index (χ0n) is 12.8. The van der Waals surface area contributed by atoms with Gasteiger partial charge in [0, 0.05) is 26.1 Å². The molecule has 20 heavy (non-hydrogen) atoms. The van der Waals surface area contributed by atoms with E-state index < -0.39 is 0 Å². The average Bonchev–Trinajstić information content (AvgIpc) is 2.29. The van der Waals surface area contributed by atoms with E-state index in [1.54, 1.807) is 24.1 Å². The van der Waals surface area contributed by atoms with Gasteiger partial charge in [-0.2, -0.15) is 0 Å². The number of hydrogen-bond acceptors (Lipinski definition) is 2. The van der Waals surface area contributed by atoms with Crippen molar-refractivity contribution in [3.05, 3.63) is 35.6 Å². The van der Waals surface area contributed by atoms with Crippen LogP contribution in [0.3, 0.4) is 0 Å². The third kappa shape index (κ3) is 6.15. The van der Waals surface area contributed by atoms with Crippen molar-refractivity contribution in [2.45, 2.75) is 46.2 Å². The average molecular weight is 280 g/mol. The first-order valence-electron chi connectivity index (χ1n) is 6.91. The van der Waals surface area contributed by atoms with Crippen molar-refractivity contribution in [1.29, 1.82) is 0 Å². The van der Waals surface area contributed by atoms with Crippen molar-refractivity contribution >= 4 is 5.91 Å². The number of benzene rings is 1. The first-order chi connectivity index (χ1) is 9.17. The van der Waals surface area contributed by atoms with Crippen molar-refractivity contribution < 1.29 is 9.18 Å². The molecule has 1 atom stereocenters. The maximum Gasteiger partial charge on any atom is 0.224 e. The van der Waals surface area contributed by atoms with Crippen LogP contribution in [0.15, 0.2) is 24.3 Å². The number of hydrogen-bond donors (Lipinski definition) is 1. The minimum absolute atomic E-state index is 0.0195. The van der Waals surface area contributed by atoms with Crippen LogP contribution in [0.2, 0.25) is 0 Å². The third-order valence-electron chi connectivity index (χ3n) is 3.07. The van der Waals surface area contributed by atoms with Crippen molar-refractivity contribution in [1.82, 2.24) is 4.90 Å². The van der Waals surface area contributed by atoms with Crippen LogP contribution in [-0.2, 0) is 11.3 Å². The second kappa shape index (κ2) is 6.84. The maximum absolute atomic E-state index is 12.8. The number of halogens is 1. The van der Waals surface area contributed by atoms with Crippen LogP contribution in [0.4, 0.5) is 4.39 Å². The van der Waals surface area contributed by atoms with E-state index in [9.17, 15) is 9.18 Å². The molecule has 2 N–H and O–H groups in total. The third-order valence-corrected chi connectivity index (χ3v) is 3.07. The lowest BCUT2D eigenvalue weighted by molar-refractivity contribution is -0.130. The molecule has 1 aromatic rings. The van der Waals surface area contributed by atoms with E-state index in [-0.39, 0.29) is 23.2 Å². The highest BCUT2D eigenvalue weighted by Crippen LogP contribution is 2.21. The van der Waals surface area contributed by atoms with Gasteiger partial charge in [-0.1, -0.05) is 32.9 Å². The standard InChI is InChI=1S/C16H25FN2O/c1-16(2,3)10-14(18)9-15(20)19(4)11-12-5-7-13(17)8-6-12/h5-8,14H,9-11,18H2,1-4H3. The Kier molecular flexibility index (Phi) is 5.69. The van der Waals surface area contributed by atoms with Crippen molar-refractivity contribution in [3.63, 3.8) is 0 Å². The lowest BCUT2D eigenvalue weighted by atomic mass is 9.87. The van der Waals surface area contributed by atoms with Crippen molar-refractivity contribution in [3.8, 4) is 0 Å². The number of nitrogens with zero attached hydrogens (tertiary/aromatic N) is 1. The van der Waals surface area contributed by atoms with Gasteiger partial charge in [0.05, 0.1) is 0 Å². The Labute approximate surface area is 121 Å². The molecule has 0 heterocycles. The van der Waals surface area contributed by atoms with Crippen LogP contribution in [0.5, 0.6) is 0 Å². The molecule has 0 bridgehead atoms. The summed E-state index contributed by atoms with van der Waals surface area (Å²) in [7, 11) is 1.75. The zero-order chi connectivity index (χ0) is 15.3. The number of carbonyl (C=O) groups is 1. The molecule has 1 unspecified atom stereocenters. The molecular weight excluding hydrogens is 255 g/mol. The van der Waals surface area contributed by atoms with Gasteiger partial charge < -0.3 is 10.6 Å². The van der Waals surface area contributed by atoms with Crippen molar-refractivity contribution in [2.24, 2.45) is 11.1 Å². The van der Waals surface area contributed by atoms with Crippen LogP contribution in [0.25, 0.3) is 0 Å². The maximum atomic E-state index is 12.8. The number of nitrogens with two attached hydrogens (primary N) is 1. The van der Waals surface area contributed by atoms with Crippen LogP contribution in [0.1, 0.15) is 39.2 Å². The topological polar surface area (TPSA) is 46.3 Å². The molecule has 0 aliphatic heterocycles. The first-order valence-corrected chi connectivity index (χ1v) is 6.91. The largest absolute Gasteiger partial charge is 0.341 e. The first kappa shape index (κ1) is 16.6. The number of amides is 1. The molecule has 112 valence electrons. The SMILES string of the molecule is CN(Cc1ccc(F)cc1)C(=O)CC(N)CC(C)(C)C. The zero-order valence-corrected chi connectivity index (χ0v) is 12.8. The van der Waals surface area contributed by atoms with Gasteiger partial charge in [-0.15, -0.1) is 0 Å². The van der Waals surface area contributed by atoms with E-state index in [0.717, 1.165) is 12.0 Å². The van der Waals surface area contributed by atoms with E-state index >= 15 is 0 Å². The molecule has 0 aromatic heterocycles. The van der Waals surface area contributed by atoms with Gasteiger partial charge in [-0.3, -0.25) is 4.79 Å². The predicted molar refractivity (Wildman–Crippen MR) is 79.5 cm³/mol. The summed E-state index contributed by atoms with van der Waals surface area (Å²) in [5.74, 6) is -0.249. The second-order valence-electron chi connectivity index (χ2n) is 6.61. The van der Waals surface area contributed by atoms with Gasteiger partial charge in [0.15, 0.2) is 0 Å². The summed E-state index contributed by atoms with van der Waals surface area (Å²) in [5.41, 5.74) is 7.04. The van der Waals surface area contributed by atoms with E-state index in [1.807, 2.05) is 0 Å². The Hall–Kier alpha value is -1.42. The Balaban J connectivity index is 2.48. The summed E-state index contributed by atoms with van der Waals surface area (Å²) in [6, 6.07) is 6.05. The molecule has 1 amide bonds. The molecule has 0 fully saturated rings. The molecule has 0 radical (unpaired) electrons. The summed E-state index contributed by atoms with van der Waals surface area (Å²) >= 11 is 0. The summed E-state index contributed by atoms with van der Waals surface area (Å²) in [5, 5.41) is 0. The molecule has 0 saturated heterocycles. The lowest BCUT2D eigenvalue weighted by Gasteiger charge is -2.25. The molecule has 0 aliphatic rings. The van der Waals surface area contributed by atoms with Gasteiger partial charge >= 0.3 is 0 Å². The van der Waals surface area contributed by atoms with Gasteiger partial charge in [-0.05, 0) is 29.5 Å². The number of carbonyl (C=O) groups excluding carboxylic acids is 1. The highest BCUT2D eigenvalue weighted by molar-refractivity contribution is 5.76. The van der Waals surface area contributed by atoms with Crippen LogP contribution in [0, 0.1) is 11.2 Å². The highest BCUT2D eigenvalue weighted by Gasteiger charge is 2.19. The fourth-order valence-corrected chi connectivity index (χ4v) is 2.19. The summed E-state index contributed by atoms with van der Waals surface area (Å²) < 4.78 is 12.8. The summed E-state index contributed by atoms with van der Waals surface area (Å²) in [6.07, 6.45) is 1.15. The summed E-state index contributed by atoms with van der Waals surface area (Å²) in [4.78, 5) is 13.7. The van der Waals surface area contributed by atoms with Gasteiger partial charge in [0.25, 0.3) is 0 Å². The summed E-state index contributed by atoms with van der Waals surface area (Å²) in [6.45, 7) is 6.81. The van der Waals surface area contributed by atoms with E-state index in [0.29, 0.717) is 13.0 Å². The van der Waals surface area contributed by atoms with E-state index in [1.165, 1.54) is 12.1 Å². The lowest BCUT2D eigenvalue weighted by Crippen LogP contribution is -2.35. The number of rotatable bonds is 5. The monoisotopic (exact) mass is 280 g/mol.